The number of halogens is 2. The molecule has 2 aromatic carbocycles. The van der Waals surface area contributed by atoms with E-state index in [-0.39, 0.29) is 42.5 Å². The number of ketones is 1. The standard InChI is InChI=1S/C25H24BrFN2O6S/c1-2-18-14-34-15-20(26)24-28-22(21(30)13-10-16-8-11-17(27)12-9-16)23(25(31)29(18)24)35-36(32,33)19-6-4-3-5-7-19/h3-9,11-12,18,20H,2,10,13-15H2,1H3/t18-,20?/m0/s1. The molecular weight excluding hydrogens is 555 g/mol. The van der Waals surface area contributed by atoms with E-state index >= 15 is 0 Å². The van der Waals surface area contributed by atoms with Gasteiger partial charge in [0.25, 0.3) is 5.56 Å². The van der Waals surface area contributed by atoms with Gasteiger partial charge in [0.15, 0.2) is 11.5 Å². The molecule has 1 unspecified atom stereocenters. The van der Waals surface area contributed by atoms with Gasteiger partial charge in [-0.2, -0.15) is 8.42 Å². The van der Waals surface area contributed by atoms with Crippen molar-refractivity contribution in [1.29, 1.82) is 0 Å². The van der Waals surface area contributed by atoms with Crippen LogP contribution < -0.4 is 9.74 Å². The highest BCUT2D eigenvalue weighted by atomic mass is 79.9. The molecular formula is C25H24BrFN2O6S. The van der Waals surface area contributed by atoms with Crippen molar-refractivity contribution in [3.05, 3.63) is 87.9 Å². The molecule has 11 heteroatoms. The van der Waals surface area contributed by atoms with Crippen LogP contribution in [-0.2, 0) is 21.3 Å². The summed E-state index contributed by atoms with van der Waals surface area (Å²) in [5.41, 5.74) is -0.436. The van der Waals surface area contributed by atoms with Crippen LogP contribution in [0, 0.1) is 5.82 Å². The molecule has 0 radical (unpaired) electrons. The van der Waals surface area contributed by atoms with Gasteiger partial charge in [0.2, 0.25) is 5.75 Å². The number of ether oxygens (including phenoxy) is 1. The maximum atomic E-state index is 13.7. The van der Waals surface area contributed by atoms with Crippen molar-refractivity contribution in [2.75, 3.05) is 13.2 Å². The number of aromatic nitrogens is 2. The van der Waals surface area contributed by atoms with E-state index in [9.17, 15) is 22.4 Å². The largest absolute Gasteiger partial charge is 0.378 e. The van der Waals surface area contributed by atoms with E-state index in [1.165, 1.54) is 41.0 Å². The number of carbonyl (C=O) groups is 1. The molecule has 4 rings (SSSR count). The first-order valence-corrected chi connectivity index (χ1v) is 13.7. The number of fused-ring (bicyclic) bond motifs is 1. The fourth-order valence-corrected chi connectivity index (χ4v) is 5.37. The van der Waals surface area contributed by atoms with E-state index in [0.29, 0.717) is 12.0 Å². The highest BCUT2D eigenvalue weighted by Gasteiger charge is 2.33. The summed E-state index contributed by atoms with van der Waals surface area (Å²) >= 11 is 3.46. The normalized spacial score (nSPS) is 17.8. The Morgan fingerprint density at radius 1 is 1.17 bits per heavy atom. The molecule has 0 fully saturated rings. The summed E-state index contributed by atoms with van der Waals surface area (Å²) in [5.74, 6) is -1.36. The van der Waals surface area contributed by atoms with Crippen molar-refractivity contribution >= 4 is 31.8 Å². The molecule has 8 nitrogen and oxygen atoms in total. The number of Topliss-reactive ketones (excluding diaryl/α,β-unsaturated/α-hetero) is 1. The number of benzene rings is 2. The lowest BCUT2D eigenvalue weighted by molar-refractivity contribution is 0.0975. The predicted molar refractivity (Wildman–Crippen MR) is 134 cm³/mol. The second-order valence-electron chi connectivity index (χ2n) is 8.29. The number of alkyl halides is 1. The Bertz CT molecular complexity index is 1410. The maximum absolute atomic E-state index is 13.7. The lowest BCUT2D eigenvalue weighted by atomic mass is 10.1. The van der Waals surface area contributed by atoms with Gasteiger partial charge >= 0.3 is 10.1 Å². The molecule has 0 amide bonds. The number of aryl methyl sites for hydroxylation is 1. The minimum atomic E-state index is -4.43. The van der Waals surface area contributed by atoms with Gasteiger partial charge in [0, 0.05) is 6.42 Å². The van der Waals surface area contributed by atoms with Gasteiger partial charge in [-0.15, -0.1) is 0 Å². The summed E-state index contributed by atoms with van der Waals surface area (Å²) < 4.78 is 51.6. The molecule has 0 aliphatic carbocycles. The van der Waals surface area contributed by atoms with Crippen LogP contribution in [-0.4, -0.2) is 37.0 Å². The number of carbonyl (C=O) groups excluding carboxylic acids is 1. The summed E-state index contributed by atoms with van der Waals surface area (Å²) in [4.78, 5) is 30.8. The minimum absolute atomic E-state index is 0.0933. The van der Waals surface area contributed by atoms with Gasteiger partial charge in [0.1, 0.15) is 16.5 Å². The Kier molecular flexibility index (Phi) is 8.01. The average Bonchev–Trinajstić information content (AvgIpc) is 3.03. The second kappa shape index (κ2) is 11.0. The van der Waals surface area contributed by atoms with Gasteiger partial charge in [-0.1, -0.05) is 53.2 Å². The first kappa shape index (κ1) is 26.2. The zero-order chi connectivity index (χ0) is 25.9. The van der Waals surface area contributed by atoms with E-state index < -0.39 is 43.9 Å². The van der Waals surface area contributed by atoms with Crippen molar-refractivity contribution in [1.82, 2.24) is 9.55 Å². The number of hydrogen-bond donors (Lipinski definition) is 0. The molecule has 0 saturated carbocycles. The lowest BCUT2D eigenvalue weighted by Gasteiger charge is -2.21. The third-order valence-corrected chi connectivity index (χ3v) is 7.74. The third-order valence-electron chi connectivity index (χ3n) is 5.84. The Morgan fingerprint density at radius 2 is 1.86 bits per heavy atom. The molecule has 36 heavy (non-hydrogen) atoms. The molecule has 2 atom stereocenters. The monoisotopic (exact) mass is 578 g/mol. The quantitative estimate of drug-likeness (QED) is 0.222. The van der Waals surface area contributed by atoms with Crippen molar-refractivity contribution in [2.24, 2.45) is 0 Å². The van der Waals surface area contributed by atoms with Gasteiger partial charge in [-0.3, -0.25) is 14.2 Å². The van der Waals surface area contributed by atoms with Crippen molar-refractivity contribution in [3.63, 3.8) is 0 Å². The summed E-state index contributed by atoms with van der Waals surface area (Å²) in [6.07, 6.45) is 0.656. The van der Waals surface area contributed by atoms with Crippen LogP contribution >= 0.6 is 15.9 Å². The van der Waals surface area contributed by atoms with Gasteiger partial charge in [0.05, 0.1) is 24.1 Å². The van der Waals surface area contributed by atoms with E-state index in [1.807, 2.05) is 6.92 Å². The maximum Gasteiger partial charge on any atom is 0.339 e. The Balaban J connectivity index is 1.80. The molecule has 0 N–H and O–H groups in total. The third kappa shape index (κ3) is 5.58. The smallest absolute Gasteiger partial charge is 0.339 e. The van der Waals surface area contributed by atoms with Crippen LogP contribution in [0.2, 0.25) is 0 Å². The Hall–Kier alpha value is -2.89. The number of hydrogen-bond acceptors (Lipinski definition) is 7. The number of nitrogens with zero attached hydrogens (tertiary/aromatic N) is 2. The van der Waals surface area contributed by atoms with Gasteiger partial charge in [-0.05, 0) is 42.7 Å². The van der Waals surface area contributed by atoms with E-state index in [2.05, 4.69) is 20.9 Å². The summed E-state index contributed by atoms with van der Waals surface area (Å²) in [7, 11) is -4.43. The molecule has 0 spiro atoms. The number of rotatable bonds is 8. The zero-order valence-corrected chi connectivity index (χ0v) is 21.8. The molecule has 2 heterocycles. The molecule has 0 bridgehead atoms. The molecule has 1 aliphatic heterocycles. The molecule has 1 aliphatic rings. The van der Waals surface area contributed by atoms with Crippen molar-refractivity contribution < 1.29 is 26.5 Å². The van der Waals surface area contributed by atoms with Crippen LogP contribution in [0.25, 0.3) is 0 Å². The Labute approximate surface area is 216 Å². The van der Waals surface area contributed by atoms with Gasteiger partial charge < -0.3 is 8.92 Å². The van der Waals surface area contributed by atoms with E-state index in [0.717, 1.165) is 0 Å². The average molecular weight is 579 g/mol. The Morgan fingerprint density at radius 3 is 2.53 bits per heavy atom. The van der Waals surface area contributed by atoms with Crippen LogP contribution in [0.3, 0.4) is 0 Å². The summed E-state index contributed by atoms with van der Waals surface area (Å²) in [6.45, 7) is 2.30. The predicted octanol–water partition coefficient (Wildman–Crippen LogP) is 4.38. The highest BCUT2D eigenvalue weighted by Crippen LogP contribution is 2.31. The topological polar surface area (TPSA) is 105 Å². The SMILES string of the molecule is CC[C@H]1COCC(Br)c2nc(C(=O)CCc3ccc(F)cc3)c(OS(=O)(=O)c3ccccc3)c(=O)n21. The van der Waals surface area contributed by atoms with Crippen LogP contribution in [0.1, 0.15) is 52.5 Å². The molecule has 3 aromatic rings. The first-order valence-electron chi connectivity index (χ1n) is 11.4. The van der Waals surface area contributed by atoms with Crippen LogP contribution in [0.4, 0.5) is 4.39 Å². The second-order valence-corrected chi connectivity index (χ2v) is 10.9. The van der Waals surface area contributed by atoms with Crippen LogP contribution in [0.15, 0.2) is 64.3 Å². The summed E-state index contributed by atoms with van der Waals surface area (Å²) in [6, 6.07) is 12.6. The van der Waals surface area contributed by atoms with E-state index in [1.54, 1.807) is 18.2 Å². The van der Waals surface area contributed by atoms with Crippen molar-refractivity contribution in [3.8, 4) is 5.75 Å². The fourth-order valence-electron chi connectivity index (χ4n) is 3.90. The molecule has 0 saturated heterocycles. The first-order chi connectivity index (χ1) is 17.2. The van der Waals surface area contributed by atoms with Crippen molar-refractivity contribution in [2.45, 2.75) is 42.0 Å². The lowest BCUT2D eigenvalue weighted by Crippen LogP contribution is -2.34. The van der Waals surface area contributed by atoms with Gasteiger partial charge in [-0.25, -0.2) is 9.37 Å². The zero-order valence-electron chi connectivity index (χ0n) is 19.4. The summed E-state index contributed by atoms with van der Waals surface area (Å²) in [5, 5.41) is 0. The molecule has 1 aromatic heterocycles. The fraction of sp³-hybridized carbons (Fsp3) is 0.320. The molecule has 190 valence electrons. The van der Waals surface area contributed by atoms with Crippen LogP contribution in [0.5, 0.6) is 5.75 Å². The highest BCUT2D eigenvalue weighted by molar-refractivity contribution is 9.09. The van der Waals surface area contributed by atoms with E-state index in [4.69, 9.17) is 8.92 Å². The minimum Gasteiger partial charge on any atom is -0.378 e.